The molecule has 3 aliphatic rings. The fraction of sp³-hybridized carbons (Fsp3) is 0.593. The summed E-state index contributed by atoms with van der Waals surface area (Å²) in [5.41, 5.74) is 4.21. The summed E-state index contributed by atoms with van der Waals surface area (Å²) in [5, 5.41) is 5.88. The van der Waals surface area contributed by atoms with Crippen molar-refractivity contribution in [2.24, 2.45) is 16.6 Å². The molecule has 15 heteroatoms. The Morgan fingerprint density at radius 2 is 1.90 bits per heavy atom. The number of H-pyrrole nitrogens is 1. The first-order chi connectivity index (χ1) is 19.8. The molecule has 5 N–H and O–H groups in total. The van der Waals surface area contributed by atoms with E-state index in [4.69, 9.17) is 15.2 Å². The summed E-state index contributed by atoms with van der Waals surface area (Å²) >= 11 is 0. The lowest BCUT2D eigenvalue weighted by Gasteiger charge is -2.39. The van der Waals surface area contributed by atoms with E-state index in [1.54, 1.807) is 6.07 Å². The van der Waals surface area contributed by atoms with Gasteiger partial charge in [0.1, 0.15) is 17.2 Å². The third-order valence-electron chi connectivity index (χ3n) is 7.94. The maximum atomic E-state index is 13.8. The van der Waals surface area contributed by atoms with Crippen molar-refractivity contribution in [3.05, 3.63) is 35.5 Å². The summed E-state index contributed by atoms with van der Waals surface area (Å²) in [4.78, 5) is 9.56. The first-order valence-corrected chi connectivity index (χ1v) is 15.5. The number of halogens is 3. The minimum Gasteiger partial charge on any atom is -0.495 e. The summed E-state index contributed by atoms with van der Waals surface area (Å²) in [5.74, 6) is 0.352. The Morgan fingerprint density at radius 3 is 2.52 bits per heavy atom. The third-order valence-corrected chi connectivity index (χ3v) is 9.84. The average Bonchev–Trinajstić information content (AvgIpc) is 3.39. The second-order valence-electron chi connectivity index (χ2n) is 11.3. The van der Waals surface area contributed by atoms with E-state index in [0.717, 1.165) is 32.1 Å². The summed E-state index contributed by atoms with van der Waals surface area (Å²) in [6.45, 7) is 7.66. The van der Waals surface area contributed by atoms with Gasteiger partial charge in [-0.05, 0) is 37.3 Å². The number of sulfonamides is 1. The normalized spacial score (nSPS) is 22.9. The van der Waals surface area contributed by atoms with Crippen LogP contribution in [-0.4, -0.2) is 81.1 Å². The number of alkyl halides is 3. The highest BCUT2D eigenvalue weighted by Gasteiger charge is 2.45. The van der Waals surface area contributed by atoms with Gasteiger partial charge < -0.3 is 30.8 Å². The van der Waals surface area contributed by atoms with E-state index in [1.165, 1.54) is 23.5 Å². The van der Waals surface area contributed by atoms with Gasteiger partial charge >= 0.3 is 6.18 Å². The van der Waals surface area contributed by atoms with Gasteiger partial charge in [-0.3, -0.25) is 4.90 Å². The molecule has 1 unspecified atom stereocenters. The number of nitrogens with zero attached hydrogens (tertiary/aromatic N) is 3. The van der Waals surface area contributed by atoms with Crippen LogP contribution < -0.4 is 21.1 Å². The van der Waals surface area contributed by atoms with Gasteiger partial charge in [0.2, 0.25) is 16.0 Å². The predicted molar refractivity (Wildman–Crippen MR) is 153 cm³/mol. The summed E-state index contributed by atoms with van der Waals surface area (Å²) in [6.07, 6.45) is -2.09. The maximum absolute atomic E-state index is 13.8. The minimum absolute atomic E-state index is 0.0557. The molecule has 0 aliphatic carbocycles. The molecule has 0 radical (unpaired) electrons. The lowest BCUT2D eigenvalue weighted by Crippen LogP contribution is -2.50. The van der Waals surface area contributed by atoms with Crippen LogP contribution in [0.3, 0.4) is 0 Å². The number of aromatic nitrogens is 1. The van der Waals surface area contributed by atoms with Gasteiger partial charge in [0.15, 0.2) is 0 Å². The molecule has 5 rings (SSSR count). The lowest BCUT2D eigenvalue weighted by atomic mass is 9.89. The van der Waals surface area contributed by atoms with Crippen molar-refractivity contribution in [1.29, 1.82) is 0 Å². The topological polar surface area (TPSA) is 137 Å². The van der Waals surface area contributed by atoms with E-state index in [9.17, 15) is 21.6 Å². The molecule has 11 nitrogen and oxygen atoms in total. The van der Waals surface area contributed by atoms with Crippen LogP contribution in [-0.2, 0) is 26.6 Å². The number of fused-ring (bicyclic) bond motifs is 1. The van der Waals surface area contributed by atoms with Gasteiger partial charge in [0.05, 0.1) is 36.5 Å². The predicted octanol–water partition coefficient (Wildman–Crippen LogP) is 3.58. The van der Waals surface area contributed by atoms with Crippen molar-refractivity contribution in [1.82, 2.24) is 14.2 Å². The molecule has 1 aromatic carbocycles. The van der Waals surface area contributed by atoms with E-state index in [2.05, 4.69) is 25.5 Å². The van der Waals surface area contributed by atoms with Gasteiger partial charge in [-0.15, -0.1) is 0 Å². The van der Waals surface area contributed by atoms with E-state index in [1.807, 2.05) is 13.8 Å². The molecular formula is C27H38F3N7O4S. The molecule has 1 atom stereocenters. The van der Waals surface area contributed by atoms with Crippen LogP contribution in [0.4, 0.5) is 24.7 Å². The zero-order valence-electron chi connectivity index (χ0n) is 23.9. The number of anilines is 2. The number of guanidine groups is 1. The second kappa shape index (κ2) is 11.7. The summed E-state index contributed by atoms with van der Waals surface area (Å²) in [7, 11) is -2.37. The Kier molecular flexibility index (Phi) is 8.51. The van der Waals surface area contributed by atoms with Crippen LogP contribution in [0, 0.1) is 5.92 Å². The molecule has 2 aromatic rings. The van der Waals surface area contributed by atoms with Crippen LogP contribution >= 0.6 is 0 Å². The highest BCUT2D eigenvalue weighted by molar-refractivity contribution is 7.89. The zero-order valence-corrected chi connectivity index (χ0v) is 24.7. The van der Waals surface area contributed by atoms with Crippen molar-refractivity contribution < 1.29 is 31.1 Å². The summed E-state index contributed by atoms with van der Waals surface area (Å²) < 4.78 is 80.8. The molecular weight excluding hydrogens is 575 g/mol. The van der Waals surface area contributed by atoms with Crippen LogP contribution in [0.1, 0.15) is 44.2 Å². The van der Waals surface area contributed by atoms with E-state index in [0.29, 0.717) is 38.0 Å². The maximum Gasteiger partial charge on any atom is 0.418 e. The highest BCUT2D eigenvalue weighted by atomic mass is 32.2. The van der Waals surface area contributed by atoms with Crippen LogP contribution in [0.2, 0.25) is 0 Å². The Hall–Kier alpha value is -2.85. The molecule has 0 bridgehead atoms. The molecule has 4 heterocycles. The molecule has 3 aliphatic heterocycles. The number of nitrogens with one attached hydrogen (secondary N) is 3. The van der Waals surface area contributed by atoms with Crippen LogP contribution in [0.5, 0.6) is 5.75 Å². The van der Waals surface area contributed by atoms with E-state index < -0.39 is 27.4 Å². The number of hydrogen-bond donors (Lipinski definition) is 4. The van der Waals surface area contributed by atoms with Gasteiger partial charge in [-0.1, -0.05) is 13.8 Å². The molecule has 2 fully saturated rings. The quantitative estimate of drug-likeness (QED) is 0.372. The largest absolute Gasteiger partial charge is 0.495 e. The Labute approximate surface area is 243 Å². The monoisotopic (exact) mass is 613 g/mol. The standard InChI is InChI=1S/C27H38F3N7O4S/c1-17(2)15-26(31)23-20(27(28,29)30)16-32-24(23)34-25(35-26)33-21-5-4-19(14-22(21)40-3)42(38,39)37-8-6-18(7-9-37)36-10-12-41-13-11-36/h4-5,14,16-18,32H,6-13,15,31H2,1-3H3,(H2,33,34,35). The molecule has 0 amide bonds. The van der Waals surface area contributed by atoms with Crippen molar-refractivity contribution >= 4 is 27.5 Å². The SMILES string of the molecule is COc1cc(S(=O)(=O)N2CCC(N3CCOCC3)CC2)ccc1NC1=NC(N)(CC(C)C)c2c(C(F)(F)F)c[nH]c2N1. The lowest BCUT2D eigenvalue weighted by molar-refractivity contribution is -0.138. The molecule has 0 spiro atoms. The van der Waals surface area contributed by atoms with Gasteiger partial charge in [-0.2, -0.15) is 17.5 Å². The number of aliphatic imine (C=N–C) groups is 1. The first kappa shape index (κ1) is 30.6. The number of ether oxygens (including phenoxy) is 2. The summed E-state index contributed by atoms with van der Waals surface area (Å²) in [6, 6.07) is 4.79. The average molecular weight is 614 g/mol. The third kappa shape index (κ3) is 6.11. The Bertz CT molecular complexity index is 1420. The van der Waals surface area contributed by atoms with E-state index in [-0.39, 0.29) is 40.3 Å². The molecule has 1 aromatic heterocycles. The smallest absolute Gasteiger partial charge is 0.418 e. The number of hydrogen-bond acceptors (Lipinski definition) is 9. The Balaban J connectivity index is 1.35. The zero-order chi connectivity index (χ0) is 30.3. The number of rotatable bonds is 7. The van der Waals surface area contributed by atoms with Crippen molar-refractivity contribution in [2.45, 2.75) is 55.9 Å². The number of morpholine rings is 1. The number of aromatic amines is 1. The van der Waals surface area contributed by atoms with Crippen molar-refractivity contribution in [3.63, 3.8) is 0 Å². The van der Waals surface area contributed by atoms with Gasteiger partial charge in [0, 0.05) is 50.0 Å². The molecule has 2 saturated heterocycles. The fourth-order valence-electron chi connectivity index (χ4n) is 6.03. The minimum atomic E-state index is -4.61. The van der Waals surface area contributed by atoms with Crippen molar-refractivity contribution in [2.75, 3.05) is 57.1 Å². The fourth-order valence-corrected chi connectivity index (χ4v) is 7.51. The van der Waals surface area contributed by atoms with Gasteiger partial charge in [-0.25, -0.2) is 13.4 Å². The Morgan fingerprint density at radius 1 is 1.21 bits per heavy atom. The van der Waals surface area contributed by atoms with Crippen LogP contribution in [0.25, 0.3) is 0 Å². The number of methoxy groups -OCH3 is 1. The van der Waals surface area contributed by atoms with Crippen LogP contribution in [0.15, 0.2) is 34.3 Å². The highest BCUT2D eigenvalue weighted by Crippen LogP contribution is 2.44. The number of piperidine rings is 1. The second-order valence-corrected chi connectivity index (χ2v) is 13.3. The molecule has 0 saturated carbocycles. The van der Waals surface area contributed by atoms with E-state index >= 15 is 0 Å². The first-order valence-electron chi connectivity index (χ1n) is 14.0. The molecule has 232 valence electrons. The number of nitrogens with two attached hydrogens (primary N) is 1. The van der Waals surface area contributed by atoms with Crippen molar-refractivity contribution in [3.8, 4) is 5.75 Å². The molecule has 42 heavy (non-hydrogen) atoms. The van der Waals surface area contributed by atoms with Gasteiger partial charge in [0.25, 0.3) is 0 Å². The number of benzene rings is 1.